The number of carbonyl (C=O) groups excluding carboxylic acids is 2. The number of nitrogens with one attached hydrogen (secondary N) is 2. The van der Waals surface area contributed by atoms with Gasteiger partial charge in [-0.1, -0.05) is 6.92 Å². The van der Waals surface area contributed by atoms with Crippen LogP contribution in [0.1, 0.15) is 41.0 Å². The van der Waals surface area contributed by atoms with E-state index in [-0.39, 0.29) is 12.6 Å². The highest BCUT2D eigenvalue weighted by atomic mass is 16.6. The number of amides is 2. The smallest absolute Gasteiger partial charge is 0.408 e. The summed E-state index contributed by atoms with van der Waals surface area (Å²) in [6, 6.07) is 0. The van der Waals surface area contributed by atoms with Gasteiger partial charge < -0.3 is 20.1 Å². The second kappa shape index (κ2) is 6.58. The van der Waals surface area contributed by atoms with Gasteiger partial charge in [0.2, 0.25) is 5.91 Å². The predicted molar refractivity (Wildman–Crippen MR) is 68.1 cm³/mol. The SMILES string of the molecule is CC[C@@](C)(NC(=O)OC(C)(C)C)C(=O)NCOC. The second-order valence-electron chi connectivity index (χ2n) is 5.25. The van der Waals surface area contributed by atoms with Crippen molar-refractivity contribution in [2.24, 2.45) is 0 Å². The van der Waals surface area contributed by atoms with Crippen molar-refractivity contribution in [3.63, 3.8) is 0 Å². The third kappa shape index (κ3) is 5.86. The van der Waals surface area contributed by atoms with Crippen LogP contribution in [-0.2, 0) is 14.3 Å². The summed E-state index contributed by atoms with van der Waals surface area (Å²) in [6.07, 6.45) is -0.165. The van der Waals surface area contributed by atoms with Crippen molar-refractivity contribution in [2.75, 3.05) is 13.8 Å². The molecule has 0 heterocycles. The van der Waals surface area contributed by atoms with Crippen LogP contribution in [0.15, 0.2) is 0 Å². The first-order chi connectivity index (χ1) is 8.14. The molecule has 106 valence electrons. The summed E-state index contributed by atoms with van der Waals surface area (Å²) >= 11 is 0. The van der Waals surface area contributed by atoms with Gasteiger partial charge in [-0.15, -0.1) is 0 Å². The maximum Gasteiger partial charge on any atom is 0.408 e. The lowest BCUT2D eigenvalue weighted by atomic mass is 9.98. The fourth-order valence-corrected chi connectivity index (χ4v) is 1.17. The van der Waals surface area contributed by atoms with Gasteiger partial charge in [-0.3, -0.25) is 4.79 Å². The third-order valence-corrected chi connectivity index (χ3v) is 2.36. The lowest BCUT2D eigenvalue weighted by Crippen LogP contribution is -2.57. The van der Waals surface area contributed by atoms with E-state index in [1.807, 2.05) is 6.92 Å². The van der Waals surface area contributed by atoms with Gasteiger partial charge in [0, 0.05) is 7.11 Å². The lowest BCUT2D eigenvalue weighted by Gasteiger charge is -2.29. The van der Waals surface area contributed by atoms with Crippen LogP contribution in [0.4, 0.5) is 4.79 Å². The molecule has 0 unspecified atom stereocenters. The second-order valence-corrected chi connectivity index (χ2v) is 5.25. The van der Waals surface area contributed by atoms with E-state index in [9.17, 15) is 9.59 Å². The van der Waals surface area contributed by atoms with E-state index in [0.717, 1.165) is 0 Å². The predicted octanol–water partition coefficient (Wildman–Crippen LogP) is 1.40. The van der Waals surface area contributed by atoms with E-state index in [1.54, 1.807) is 27.7 Å². The molecule has 0 bridgehead atoms. The number of rotatable bonds is 5. The molecule has 0 saturated carbocycles. The molecule has 1 atom stereocenters. The minimum atomic E-state index is -1.01. The molecular weight excluding hydrogens is 236 g/mol. The van der Waals surface area contributed by atoms with Gasteiger partial charge in [0.25, 0.3) is 0 Å². The fraction of sp³-hybridized carbons (Fsp3) is 0.833. The van der Waals surface area contributed by atoms with Crippen molar-refractivity contribution >= 4 is 12.0 Å². The molecule has 0 aromatic carbocycles. The molecule has 0 saturated heterocycles. The van der Waals surface area contributed by atoms with E-state index < -0.39 is 17.2 Å². The number of methoxy groups -OCH3 is 1. The Hall–Kier alpha value is -1.30. The van der Waals surface area contributed by atoms with Gasteiger partial charge in [0.15, 0.2) is 0 Å². The summed E-state index contributed by atoms with van der Waals surface area (Å²) in [6.45, 7) is 8.85. The zero-order chi connectivity index (χ0) is 14.4. The first-order valence-corrected chi connectivity index (χ1v) is 5.93. The number of hydrogen-bond donors (Lipinski definition) is 2. The summed E-state index contributed by atoms with van der Waals surface area (Å²) in [5.41, 5.74) is -1.61. The first-order valence-electron chi connectivity index (χ1n) is 5.93. The number of ether oxygens (including phenoxy) is 2. The summed E-state index contributed by atoms with van der Waals surface area (Å²) < 4.78 is 9.89. The standard InChI is InChI=1S/C12H24N2O4/c1-7-12(5,9(15)13-8-17-6)14-10(16)18-11(2,3)4/h7-8H2,1-6H3,(H,13,15)(H,14,16)/t12-/m1/s1. The molecule has 18 heavy (non-hydrogen) atoms. The molecule has 0 rings (SSSR count). The van der Waals surface area contributed by atoms with Crippen molar-refractivity contribution in [1.82, 2.24) is 10.6 Å². The maximum absolute atomic E-state index is 11.9. The van der Waals surface area contributed by atoms with Crippen molar-refractivity contribution in [3.8, 4) is 0 Å². The normalized spacial score (nSPS) is 14.6. The zero-order valence-corrected chi connectivity index (χ0v) is 12.0. The highest BCUT2D eigenvalue weighted by Gasteiger charge is 2.34. The summed E-state index contributed by atoms with van der Waals surface area (Å²) in [4.78, 5) is 23.6. The molecule has 0 aliphatic rings. The molecule has 0 aliphatic heterocycles. The molecule has 6 heteroatoms. The van der Waals surface area contributed by atoms with Crippen LogP contribution in [0.25, 0.3) is 0 Å². The van der Waals surface area contributed by atoms with Crippen molar-refractivity contribution in [3.05, 3.63) is 0 Å². The molecule has 0 aliphatic carbocycles. The van der Waals surface area contributed by atoms with E-state index in [0.29, 0.717) is 6.42 Å². The van der Waals surface area contributed by atoms with Crippen LogP contribution in [0.3, 0.4) is 0 Å². The minimum Gasteiger partial charge on any atom is -0.444 e. The van der Waals surface area contributed by atoms with Gasteiger partial charge >= 0.3 is 6.09 Å². The molecular formula is C12H24N2O4. The summed E-state index contributed by atoms with van der Waals surface area (Å²) in [7, 11) is 1.48. The average molecular weight is 260 g/mol. The number of alkyl carbamates (subject to hydrolysis) is 1. The monoisotopic (exact) mass is 260 g/mol. The Morgan fingerprint density at radius 3 is 2.11 bits per heavy atom. The van der Waals surface area contributed by atoms with E-state index >= 15 is 0 Å². The molecule has 2 amide bonds. The Labute approximate surface area is 108 Å². The largest absolute Gasteiger partial charge is 0.444 e. The van der Waals surface area contributed by atoms with Gasteiger partial charge in [-0.05, 0) is 34.1 Å². The van der Waals surface area contributed by atoms with Gasteiger partial charge in [0.05, 0.1) is 0 Å². The number of hydrogen-bond acceptors (Lipinski definition) is 4. The summed E-state index contributed by atoms with van der Waals surface area (Å²) in [5, 5.41) is 5.14. The first kappa shape index (κ1) is 16.7. The fourth-order valence-electron chi connectivity index (χ4n) is 1.17. The van der Waals surface area contributed by atoms with Crippen LogP contribution < -0.4 is 10.6 Å². The zero-order valence-electron chi connectivity index (χ0n) is 12.0. The Morgan fingerprint density at radius 1 is 1.17 bits per heavy atom. The van der Waals surface area contributed by atoms with Crippen LogP contribution >= 0.6 is 0 Å². The van der Waals surface area contributed by atoms with E-state index in [1.165, 1.54) is 7.11 Å². The molecule has 0 aromatic heterocycles. The molecule has 6 nitrogen and oxygen atoms in total. The highest BCUT2D eigenvalue weighted by Crippen LogP contribution is 2.12. The Kier molecular flexibility index (Phi) is 6.11. The minimum absolute atomic E-state index is 0.102. The van der Waals surface area contributed by atoms with Crippen LogP contribution in [0, 0.1) is 0 Å². The van der Waals surface area contributed by atoms with E-state index in [2.05, 4.69) is 10.6 Å². The maximum atomic E-state index is 11.9. The lowest BCUT2D eigenvalue weighted by molar-refractivity contribution is -0.128. The quantitative estimate of drug-likeness (QED) is 0.733. The average Bonchev–Trinajstić information content (AvgIpc) is 2.22. The van der Waals surface area contributed by atoms with Crippen molar-refractivity contribution in [2.45, 2.75) is 52.2 Å². The topological polar surface area (TPSA) is 76.7 Å². The Bertz CT molecular complexity index is 299. The number of carbonyl (C=O) groups is 2. The highest BCUT2D eigenvalue weighted by molar-refractivity contribution is 5.89. The molecule has 0 fully saturated rings. The molecule has 0 spiro atoms. The van der Waals surface area contributed by atoms with Crippen molar-refractivity contribution in [1.29, 1.82) is 0 Å². The molecule has 0 radical (unpaired) electrons. The van der Waals surface area contributed by atoms with Crippen LogP contribution in [-0.4, -0.2) is 37.0 Å². The van der Waals surface area contributed by atoms with Crippen molar-refractivity contribution < 1.29 is 19.1 Å². The van der Waals surface area contributed by atoms with Gasteiger partial charge in [-0.2, -0.15) is 0 Å². The molecule has 2 N–H and O–H groups in total. The third-order valence-electron chi connectivity index (χ3n) is 2.36. The molecule has 0 aromatic rings. The van der Waals surface area contributed by atoms with E-state index in [4.69, 9.17) is 9.47 Å². The van der Waals surface area contributed by atoms with Crippen LogP contribution in [0.5, 0.6) is 0 Å². The Morgan fingerprint density at radius 2 is 1.72 bits per heavy atom. The summed E-state index contributed by atoms with van der Waals surface area (Å²) in [5.74, 6) is -0.308. The van der Waals surface area contributed by atoms with Crippen LogP contribution in [0.2, 0.25) is 0 Å². The van der Waals surface area contributed by atoms with Gasteiger partial charge in [-0.25, -0.2) is 4.79 Å². The van der Waals surface area contributed by atoms with Gasteiger partial charge in [0.1, 0.15) is 17.9 Å². The Balaban J connectivity index is 4.56.